The van der Waals surface area contributed by atoms with Crippen LogP contribution in [0.2, 0.25) is 19.6 Å². The summed E-state index contributed by atoms with van der Waals surface area (Å²) in [5, 5.41) is 10.9. The molecule has 5 nitrogen and oxygen atoms in total. The molecule has 8 atom stereocenters. The molecule has 6 heteroatoms. The summed E-state index contributed by atoms with van der Waals surface area (Å²) in [6.07, 6.45) is 8.62. The van der Waals surface area contributed by atoms with Gasteiger partial charge in [0.05, 0.1) is 0 Å². The Morgan fingerprint density at radius 1 is 1.16 bits per heavy atom. The molecule has 0 aromatic rings. The van der Waals surface area contributed by atoms with Crippen molar-refractivity contribution >= 4 is 14.3 Å². The van der Waals surface area contributed by atoms with Crippen LogP contribution in [0.3, 0.4) is 0 Å². The molecule has 2 saturated carbocycles. The normalized spacial score (nSPS) is 40.4. The molecule has 1 N–H and O–H groups in total. The maximum Gasteiger partial charge on any atom is 0.343 e. The average Bonchev–Trinajstić information content (AvgIpc) is 3.16. The van der Waals surface area contributed by atoms with Gasteiger partial charge >= 0.3 is 5.97 Å². The van der Waals surface area contributed by atoms with Gasteiger partial charge in [0.2, 0.25) is 6.29 Å². The smallest absolute Gasteiger partial charge is 0.343 e. The molecule has 3 fully saturated rings. The summed E-state index contributed by atoms with van der Waals surface area (Å²) in [6.45, 7) is 19.1. The average molecular weight is 467 g/mol. The lowest BCUT2D eigenvalue weighted by molar-refractivity contribution is -0.160. The molecular weight excluding hydrogens is 420 g/mol. The highest BCUT2D eigenvalue weighted by Gasteiger charge is 2.55. The van der Waals surface area contributed by atoms with Gasteiger partial charge in [-0.25, -0.2) is 4.79 Å². The van der Waals surface area contributed by atoms with E-state index in [4.69, 9.17) is 13.9 Å². The zero-order valence-corrected chi connectivity index (χ0v) is 22.7. The molecule has 0 radical (unpaired) electrons. The summed E-state index contributed by atoms with van der Waals surface area (Å²) >= 11 is 0. The Morgan fingerprint density at radius 3 is 2.38 bits per heavy atom. The van der Waals surface area contributed by atoms with Gasteiger partial charge in [0, 0.05) is 11.5 Å². The Labute approximate surface area is 196 Å². The summed E-state index contributed by atoms with van der Waals surface area (Å²) < 4.78 is 18.0. The fraction of sp³-hybridized carbons (Fsp3) is 0.885. The number of ether oxygens (including phenoxy) is 2. The van der Waals surface area contributed by atoms with Crippen LogP contribution in [-0.4, -0.2) is 43.5 Å². The van der Waals surface area contributed by atoms with Crippen LogP contribution >= 0.6 is 0 Å². The quantitative estimate of drug-likeness (QED) is 0.310. The summed E-state index contributed by atoms with van der Waals surface area (Å²) in [5.41, 5.74) is -1.44. The Bertz CT molecular complexity index is 723. The number of rotatable bonds is 6. The van der Waals surface area contributed by atoms with Crippen molar-refractivity contribution in [2.75, 3.05) is 0 Å². The van der Waals surface area contributed by atoms with E-state index >= 15 is 0 Å². The summed E-state index contributed by atoms with van der Waals surface area (Å²) in [5.74, 6) is 0.987. The van der Waals surface area contributed by atoms with Crippen molar-refractivity contribution in [1.82, 2.24) is 0 Å². The molecule has 1 aliphatic heterocycles. The van der Waals surface area contributed by atoms with E-state index in [0.717, 1.165) is 0 Å². The zero-order chi connectivity index (χ0) is 24.1. The van der Waals surface area contributed by atoms with E-state index in [1.54, 1.807) is 13.0 Å². The first-order valence-electron chi connectivity index (χ1n) is 12.5. The van der Waals surface area contributed by atoms with Crippen LogP contribution in [0.25, 0.3) is 0 Å². The number of esters is 1. The second kappa shape index (κ2) is 8.83. The molecule has 0 amide bonds. The Kier molecular flexibility index (Phi) is 7.15. The molecule has 32 heavy (non-hydrogen) atoms. The van der Waals surface area contributed by atoms with Crippen LogP contribution in [0.1, 0.15) is 73.6 Å². The van der Waals surface area contributed by atoms with Crippen LogP contribution in [0.15, 0.2) is 12.2 Å². The van der Waals surface area contributed by atoms with Crippen molar-refractivity contribution in [3.05, 3.63) is 12.2 Å². The SMILES string of the molecule is C[C@H](C=CC(O)[C@@]1(C)O[C@H](C(C)(C)C)OC1=O)[C@H]1CCC2C(O[Si](C)(C)C)CCC[C@@]21C. The predicted molar refractivity (Wildman–Crippen MR) is 130 cm³/mol. The van der Waals surface area contributed by atoms with E-state index in [-0.39, 0.29) is 10.8 Å². The molecule has 2 aliphatic carbocycles. The third-order valence-electron chi connectivity index (χ3n) is 8.11. The minimum absolute atomic E-state index is 0.265. The first-order chi connectivity index (χ1) is 14.6. The Morgan fingerprint density at radius 2 is 1.81 bits per heavy atom. The number of hydrogen-bond donors (Lipinski definition) is 1. The van der Waals surface area contributed by atoms with E-state index in [1.165, 1.54) is 32.1 Å². The van der Waals surface area contributed by atoms with Crippen LogP contribution in [0.5, 0.6) is 0 Å². The van der Waals surface area contributed by atoms with Gasteiger partial charge in [0.25, 0.3) is 0 Å². The largest absolute Gasteiger partial charge is 0.433 e. The van der Waals surface area contributed by atoms with E-state index in [1.807, 2.05) is 20.8 Å². The molecule has 0 bridgehead atoms. The number of hydrogen-bond acceptors (Lipinski definition) is 5. The van der Waals surface area contributed by atoms with Crippen molar-refractivity contribution in [3.8, 4) is 0 Å². The number of fused-ring (bicyclic) bond motifs is 1. The molecule has 0 aromatic heterocycles. The van der Waals surface area contributed by atoms with Crippen molar-refractivity contribution in [2.45, 2.75) is 117 Å². The van der Waals surface area contributed by atoms with Gasteiger partial charge in [-0.05, 0) is 75.4 Å². The fourth-order valence-electron chi connectivity index (χ4n) is 6.27. The number of aliphatic hydroxyl groups excluding tert-OH is 1. The zero-order valence-electron chi connectivity index (χ0n) is 21.7. The highest BCUT2D eigenvalue weighted by Crippen LogP contribution is 2.58. The van der Waals surface area contributed by atoms with Crippen molar-refractivity contribution < 1.29 is 23.8 Å². The van der Waals surface area contributed by atoms with E-state index in [0.29, 0.717) is 23.9 Å². The third-order valence-corrected chi connectivity index (χ3v) is 9.12. The number of carbonyl (C=O) groups is 1. The maximum absolute atomic E-state index is 12.5. The lowest BCUT2D eigenvalue weighted by atomic mass is 9.62. The number of carbonyl (C=O) groups excluding carboxylic acids is 1. The van der Waals surface area contributed by atoms with Gasteiger partial charge < -0.3 is 19.0 Å². The van der Waals surface area contributed by atoms with Crippen LogP contribution in [0, 0.1) is 28.6 Å². The highest BCUT2D eigenvalue weighted by molar-refractivity contribution is 6.69. The molecule has 184 valence electrons. The van der Waals surface area contributed by atoms with Crippen molar-refractivity contribution in [1.29, 1.82) is 0 Å². The van der Waals surface area contributed by atoms with Gasteiger partial charge in [-0.15, -0.1) is 0 Å². The molecule has 0 spiro atoms. The molecule has 3 aliphatic rings. The predicted octanol–water partition coefficient (Wildman–Crippen LogP) is 5.68. The van der Waals surface area contributed by atoms with Crippen LogP contribution in [0.4, 0.5) is 0 Å². The number of aliphatic hydroxyl groups is 1. The second-order valence-corrected chi connectivity index (χ2v) is 17.4. The Balaban J connectivity index is 1.69. The topological polar surface area (TPSA) is 65.0 Å². The third kappa shape index (κ3) is 5.03. The van der Waals surface area contributed by atoms with Gasteiger partial charge in [-0.3, -0.25) is 0 Å². The first-order valence-corrected chi connectivity index (χ1v) is 15.9. The molecule has 3 unspecified atom stereocenters. The summed E-state index contributed by atoms with van der Waals surface area (Å²) in [4.78, 5) is 12.5. The molecule has 0 aromatic carbocycles. The van der Waals surface area contributed by atoms with Crippen molar-refractivity contribution in [3.63, 3.8) is 0 Å². The van der Waals surface area contributed by atoms with E-state index < -0.39 is 32.3 Å². The van der Waals surface area contributed by atoms with Gasteiger partial charge in [-0.2, -0.15) is 0 Å². The van der Waals surface area contributed by atoms with Crippen LogP contribution < -0.4 is 0 Å². The Hall–Kier alpha value is -0.693. The lowest BCUT2D eigenvalue weighted by Gasteiger charge is -2.47. The van der Waals surface area contributed by atoms with Gasteiger partial charge in [-0.1, -0.05) is 53.2 Å². The van der Waals surface area contributed by atoms with Crippen LogP contribution in [-0.2, 0) is 18.7 Å². The standard InChI is InChI=1S/C26H46O5Si/c1-17(12-15-21(27)26(6)22(28)29-23(30-26)24(2,3)4)18-13-14-19-20(31-32(7,8)9)11-10-16-25(18,19)5/h12,15,17-21,23,27H,10-11,13-14,16H2,1-9H3/t17-,18-,19?,20?,21?,23-,25-,26-/m1/s1. The molecule has 3 rings (SSSR count). The van der Waals surface area contributed by atoms with E-state index in [2.05, 4.69) is 39.6 Å². The molecule has 1 saturated heterocycles. The second-order valence-electron chi connectivity index (χ2n) is 13.0. The first kappa shape index (κ1) is 25.9. The summed E-state index contributed by atoms with van der Waals surface area (Å²) in [6, 6.07) is 0. The lowest BCUT2D eigenvalue weighted by Crippen LogP contribution is -2.46. The molecular formula is C26H46O5Si. The van der Waals surface area contributed by atoms with Crippen molar-refractivity contribution in [2.24, 2.45) is 28.6 Å². The minimum atomic E-state index is -1.57. The van der Waals surface area contributed by atoms with Gasteiger partial charge in [0.15, 0.2) is 13.9 Å². The number of cyclic esters (lactones) is 1. The highest BCUT2D eigenvalue weighted by atomic mass is 28.4. The number of allylic oxidation sites excluding steroid dienone is 1. The van der Waals surface area contributed by atoms with E-state index in [9.17, 15) is 9.90 Å². The maximum atomic E-state index is 12.5. The summed E-state index contributed by atoms with van der Waals surface area (Å²) in [7, 11) is -1.57. The minimum Gasteiger partial charge on any atom is -0.433 e. The fourth-order valence-corrected chi connectivity index (χ4v) is 7.46. The molecule has 1 heterocycles. The monoisotopic (exact) mass is 466 g/mol. The van der Waals surface area contributed by atoms with Gasteiger partial charge in [0.1, 0.15) is 6.10 Å².